The highest BCUT2D eigenvalue weighted by atomic mass is 16.6. The maximum Gasteiger partial charge on any atom is 0.165 e. The molecular weight excluding hydrogens is 504 g/mol. The maximum absolute atomic E-state index is 10.9. The average molecular weight is 530 g/mol. The predicted octanol–water partition coefficient (Wildman–Crippen LogP) is -2.77. The van der Waals surface area contributed by atoms with Gasteiger partial charge in [0.2, 0.25) is 0 Å². The van der Waals surface area contributed by atoms with Gasteiger partial charge in [-0.3, -0.25) is 4.57 Å². The molecule has 2 aliphatic rings. The van der Waals surface area contributed by atoms with Gasteiger partial charge in [-0.05, 0) is 6.07 Å². The topological polar surface area (TPSA) is 253 Å². The van der Waals surface area contributed by atoms with Gasteiger partial charge in [0.05, 0.1) is 29.7 Å². The van der Waals surface area contributed by atoms with Gasteiger partial charge < -0.3 is 56.1 Å². The minimum atomic E-state index is -1.44. The molecule has 0 amide bonds. The van der Waals surface area contributed by atoms with Crippen molar-refractivity contribution in [1.82, 2.24) is 29.1 Å². The van der Waals surface area contributed by atoms with Gasteiger partial charge in [-0.2, -0.15) is 0 Å². The molecule has 2 aliphatic heterocycles. The van der Waals surface area contributed by atoms with E-state index < -0.39 is 62.3 Å². The number of aliphatic hydroxyl groups excluding tert-OH is 6. The molecule has 0 saturated carbocycles. The molecule has 0 spiro atoms. The fourth-order valence-electron chi connectivity index (χ4n) is 5.22. The molecule has 38 heavy (non-hydrogen) atoms. The van der Waals surface area contributed by atoms with Crippen molar-refractivity contribution in [3.8, 4) is 11.3 Å². The smallest absolute Gasteiger partial charge is 0.165 e. The van der Waals surface area contributed by atoms with Crippen LogP contribution in [0.4, 0.5) is 11.6 Å². The summed E-state index contributed by atoms with van der Waals surface area (Å²) in [4.78, 5) is 16.8. The quantitative estimate of drug-likeness (QED) is 0.130. The summed E-state index contributed by atoms with van der Waals surface area (Å²) in [6, 6.07) is 1.64. The van der Waals surface area contributed by atoms with Crippen molar-refractivity contribution in [2.75, 3.05) is 24.7 Å². The molecule has 6 rings (SSSR count). The lowest BCUT2D eigenvalue weighted by Gasteiger charge is -2.20. The highest BCUT2D eigenvalue weighted by molar-refractivity contribution is 6.03. The van der Waals surface area contributed by atoms with Gasteiger partial charge in [0.25, 0.3) is 0 Å². The van der Waals surface area contributed by atoms with Crippen LogP contribution < -0.4 is 11.5 Å². The summed E-state index contributed by atoms with van der Waals surface area (Å²) in [5.74, 6) is 0.214. The van der Waals surface area contributed by atoms with Crippen LogP contribution in [-0.4, -0.2) is 110 Å². The van der Waals surface area contributed by atoms with Gasteiger partial charge in [0.15, 0.2) is 12.5 Å². The molecule has 6 heterocycles. The second-order valence-electron chi connectivity index (χ2n) is 9.26. The summed E-state index contributed by atoms with van der Waals surface area (Å²) in [7, 11) is 0. The van der Waals surface area contributed by atoms with E-state index in [0.29, 0.717) is 22.0 Å². The van der Waals surface area contributed by atoms with Crippen LogP contribution in [0.15, 0.2) is 24.9 Å². The van der Waals surface area contributed by atoms with E-state index >= 15 is 0 Å². The second kappa shape index (κ2) is 9.07. The summed E-state index contributed by atoms with van der Waals surface area (Å²) < 4.78 is 14.5. The van der Waals surface area contributed by atoms with E-state index in [1.807, 2.05) is 0 Å². The number of nitrogens with zero attached hydrogens (tertiary/aromatic N) is 6. The van der Waals surface area contributed by atoms with Crippen molar-refractivity contribution in [2.24, 2.45) is 0 Å². The molecule has 16 nitrogen and oxygen atoms in total. The molecule has 0 aliphatic carbocycles. The van der Waals surface area contributed by atoms with Gasteiger partial charge in [0, 0.05) is 11.8 Å². The van der Waals surface area contributed by atoms with Gasteiger partial charge in [-0.1, -0.05) is 0 Å². The Labute approximate surface area is 213 Å². The van der Waals surface area contributed by atoms with Crippen LogP contribution in [-0.2, 0) is 9.47 Å². The molecule has 4 aromatic rings. The van der Waals surface area contributed by atoms with Crippen LogP contribution in [0.2, 0.25) is 0 Å². The molecule has 16 heteroatoms. The zero-order valence-corrected chi connectivity index (χ0v) is 19.7. The molecule has 4 aromatic heterocycles. The number of aliphatic hydroxyl groups is 6. The van der Waals surface area contributed by atoms with Crippen molar-refractivity contribution >= 4 is 33.7 Å². The van der Waals surface area contributed by atoms with Crippen LogP contribution in [0, 0.1) is 0 Å². The SMILES string of the molecule is Nc1ncnc2c1cc(-c1cn([C@@H]3O[C@H](CO)[C@@H](O)[C@H]3O)c3ncnc(N)c13)n2[C@@H]1O[C@H](CO)[C@@H](O)[C@H]1O. The van der Waals surface area contributed by atoms with Crippen molar-refractivity contribution in [3.05, 3.63) is 24.9 Å². The summed E-state index contributed by atoms with van der Waals surface area (Å²) >= 11 is 0. The normalized spacial score (nSPS) is 31.6. The number of hydrogen-bond acceptors (Lipinski definition) is 14. The van der Waals surface area contributed by atoms with Crippen LogP contribution in [0.1, 0.15) is 12.5 Å². The maximum atomic E-state index is 10.9. The minimum Gasteiger partial charge on any atom is -0.394 e. The fraction of sp³-hybridized carbons (Fsp3) is 0.455. The first-order valence-electron chi connectivity index (χ1n) is 11.7. The average Bonchev–Trinajstić information content (AvgIpc) is 3.63. The van der Waals surface area contributed by atoms with E-state index in [0.717, 1.165) is 0 Å². The Morgan fingerprint density at radius 2 is 1.34 bits per heavy atom. The molecule has 0 bridgehead atoms. The van der Waals surface area contributed by atoms with Gasteiger partial charge in [0.1, 0.15) is 72.2 Å². The zero-order chi connectivity index (χ0) is 26.9. The second-order valence-corrected chi connectivity index (χ2v) is 9.26. The Kier molecular flexibility index (Phi) is 5.93. The molecular formula is C22H26N8O8. The number of hydrogen-bond donors (Lipinski definition) is 8. The number of fused-ring (bicyclic) bond motifs is 2. The molecule has 202 valence electrons. The van der Waals surface area contributed by atoms with Gasteiger partial charge in [-0.15, -0.1) is 0 Å². The predicted molar refractivity (Wildman–Crippen MR) is 129 cm³/mol. The Morgan fingerprint density at radius 1 is 0.763 bits per heavy atom. The Bertz CT molecular complexity index is 1510. The molecule has 0 aromatic carbocycles. The van der Waals surface area contributed by atoms with Crippen molar-refractivity contribution in [2.45, 2.75) is 49.1 Å². The lowest BCUT2D eigenvalue weighted by molar-refractivity contribution is -0.0510. The third-order valence-corrected chi connectivity index (χ3v) is 7.14. The summed E-state index contributed by atoms with van der Waals surface area (Å²) in [6.07, 6.45) is -5.99. The lowest BCUT2D eigenvalue weighted by Crippen LogP contribution is -2.33. The number of nitrogens with two attached hydrogens (primary N) is 2. The first-order valence-corrected chi connectivity index (χ1v) is 11.7. The Hall–Kier alpha value is -3.48. The Morgan fingerprint density at radius 3 is 1.97 bits per heavy atom. The number of ether oxygens (including phenoxy) is 2. The largest absolute Gasteiger partial charge is 0.394 e. The van der Waals surface area contributed by atoms with Crippen LogP contribution >= 0.6 is 0 Å². The highest BCUT2D eigenvalue weighted by Gasteiger charge is 2.46. The number of nitrogen functional groups attached to an aromatic ring is 2. The third-order valence-electron chi connectivity index (χ3n) is 7.14. The van der Waals surface area contributed by atoms with Gasteiger partial charge in [-0.25, -0.2) is 19.9 Å². The van der Waals surface area contributed by atoms with E-state index in [-0.39, 0.29) is 22.9 Å². The van der Waals surface area contributed by atoms with Crippen LogP contribution in [0.25, 0.3) is 33.3 Å². The molecule has 2 saturated heterocycles. The first-order chi connectivity index (χ1) is 18.3. The van der Waals surface area contributed by atoms with E-state index in [9.17, 15) is 30.6 Å². The van der Waals surface area contributed by atoms with Crippen LogP contribution in [0.3, 0.4) is 0 Å². The Balaban J connectivity index is 1.60. The molecule has 0 unspecified atom stereocenters. The number of anilines is 2. The van der Waals surface area contributed by atoms with Crippen molar-refractivity contribution in [1.29, 1.82) is 0 Å². The molecule has 2 fully saturated rings. The van der Waals surface area contributed by atoms with Crippen molar-refractivity contribution in [3.63, 3.8) is 0 Å². The number of rotatable bonds is 5. The zero-order valence-electron chi connectivity index (χ0n) is 19.7. The number of aromatic nitrogens is 6. The minimum absolute atomic E-state index is 0.0764. The van der Waals surface area contributed by atoms with E-state index in [1.165, 1.54) is 21.8 Å². The van der Waals surface area contributed by atoms with Gasteiger partial charge >= 0.3 is 0 Å². The van der Waals surface area contributed by atoms with Crippen molar-refractivity contribution < 1.29 is 40.1 Å². The third kappa shape index (κ3) is 3.47. The molecule has 10 N–H and O–H groups in total. The van der Waals surface area contributed by atoms with E-state index in [4.69, 9.17) is 20.9 Å². The van der Waals surface area contributed by atoms with E-state index in [1.54, 1.807) is 12.3 Å². The van der Waals surface area contributed by atoms with Crippen LogP contribution in [0.5, 0.6) is 0 Å². The summed E-state index contributed by atoms with van der Waals surface area (Å²) in [5.41, 5.74) is 13.7. The molecule has 0 radical (unpaired) electrons. The standard InChI is InChI=1S/C22H26N8O8/c23-17-7-1-9(30(19(7)27-5-25-17)22-16(36)14(34)11(4-32)38-22)8-2-29(20-12(8)18(24)26-6-28-20)21-15(35)13(33)10(3-31)37-21/h1-2,5-6,10-11,13-16,21-22,31-36H,3-4H2,(H2,23,25,27)(H2,24,26,28)/t10-,11-,13-,14-,15-,16-,21-,22-/m1/s1. The highest BCUT2D eigenvalue weighted by Crippen LogP contribution is 2.43. The first kappa shape index (κ1) is 24.8. The lowest BCUT2D eigenvalue weighted by atomic mass is 10.1. The fourth-order valence-corrected chi connectivity index (χ4v) is 5.22. The van der Waals surface area contributed by atoms with E-state index in [2.05, 4.69) is 19.9 Å². The summed E-state index contributed by atoms with van der Waals surface area (Å²) in [5, 5.41) is 62.3. The monoisotopic (exact) mass is 530 g/mol. The summed E-state index contributed by atoms with van der Waals surface area (Å²) in [6.45, 7) is -1.05. The molecule has 8 atom stereocenters.